The lowest BCUT2D eigenvalue weighted by Gasteiger charge is -2.58. The van der Waals surface area contributed by atoms with Crippen molar-refractivity contribution in [2.45, 2.75) is 111 Å². The minimum absolute atomic E-state index is 0.0849. The molecule has 0 aromatic carbocycles. The largest absolute Gasteiger partial charge is 0.392 e. The maximum atomic E-state index is 10.8. The van der Waals surface area contributed by atoms with Gasteiger partial charge in [0.2, 0.25) is 0 Å². The fourth-order valence-electron chi connectivity index (χ4n) is 9.74. The van der Waals surface area contributed by atoms with Crippen molar-refractivity contribution in [1.82, 2.24) is 0 Å². The molecule has 1 heterocycles. The van der Waals surface area contributed by atoms with Crippen molar-refractivity contribution in [1.29, 1.82) is 0 Å². The topological polar surface area (TPSA) is 20.2 Å². The Morgan fingerprint density at radius 1 is 0.909 bits per heavy atom. The molecule has 1 nitrogen and oxygen atoms in total. The second-order valence-electron chi connectivity index (χ2n) is 13.7. The summed E-state index contributed by atoms with van der Waals surface area (Å²) in [6.45, 7) is 12.4. The number of allylic oxidation sites excluding steroid dienone is 3. The van der Waals surface area contributed by atoms with Gasteiger partial charge in [0.15, 0.2) is 0 Å². The Labute approximate surface area is 208 Å². The van der Waals surface area contributed by atoms with E-state index in [0.717, 1.165) is 36.5 Å². The molecule has 0 amide bonds. The third kappa shape index (κ3) is 4.02. The Balaban J connectivity index is 1.36. The minimum atomic E-state index is -0.191. The van der Waals surface area contributed by atoms with Gasteiger partial charge < -0.3 is 5.11 Å². The lowest BCUT2D eigenvalue weighted by molar-refractivity contribution is -0.0177. The van der Waals surface area contributed by atoms with Gasteiger partial charge in [-0.1, -0.05) is 70.8 Å². The Hall–Kier alpha value is -0.210. The highest BCUT2D eigenvalue weighted by molar-refractivity contribution is 7.99. The Bertz CT molecular complexity index is 787. The van der Waals surface area contributed by atoms with Crippen LogP contribution in [-0.4, -0.2) is 22.7 Å². The van der Waals surface area contributed by atoms with Gasteiger partial charge in [-0.15, -0.1) is 0 Å². The maximum absolute atomic E-state index is 10.8. The summed E-state index contributed by atoms with van der Waals surface area (Å²) in [5.74, 6) is 7.05. The van der Waals surface area contributed by atoms with Crippen LogP contribution in [-0.2, 0) is 0 Å². The molecule has 1 saturated heterocycles. The highest BCUT2D eigenvalue weighted by atomic mass is 32.2. The second-order valence-corrected chi connectivity index (χ2v) is 15.0. The van der Waals surface area contributed by atoms with Crippen LogP contribution in [0.1, 0.15) is 105 Å². The van der Waals surface area contributed by atoms with E-state index in [-0.39, 0.29) is 16.9 Å². The average molecular weight is 471 g/mol. The van der Waals surface area contributed by atoms with Gasteiger partial charge in [-0.05, 0) is 110 Å². The van der Waals surface area contributed by atoms with Gasteiger partial charge >= 0.3 is 0 Å². The van der Waals surface area contributed by atoms with Gasteiger partial charge in [0, 0.05) is 5.41 Å². The monoisotopic (exact) mass is 470 g/mol. The normalized spacial score (nSPS) is 46.1. The fourth-order valence-corrected chi connectivity index (χ4v) is 10.9. The SMILES string of the molecule is C[C@H](CC1CCCCSCC1)[C@H]1CCC2C3=CC=C4C(C)(C)[C@@H](O)CC[C@]4(C)C3CC[C@@]21C. The van der Waals surface area contributed by atoms with E-state index < -0.39 is 0 Å². The molecule has 4 fully saturated rings. The van der Waals surface area contributed by atoms with Crippen molar-refractivity contribution in [2.75, 3.05) is 11.5 Å². The Morgan fingerprint density at radius 3 is 2.55 bits per heavy atom. The van der Waals surface area contributed by atoms with E-state index in [1.54, 1.807) is 5.57 Å². The second kappa shape index (κ2) is 9.02. The van der Waals surface area contributed by atoms with Gasteiger partial charge in [-0.3, -0.25) is 0 Å². The zero-order chi connectivity index (χ0) is 23.4. The van der Waals surface area contributed by atoms with Crippen molar-refractivity contribution in [3.63, 3.8) is 0 Å². The van der Waals surface area contributed by atoms with Gasteiger partial charge in [0.1, 0.15) is 0 Å². The number of aliphatic hydroxyl groups is 1. The van der Waals surface area contributed by atoms with Crippen LogP contribution in [0.2, 0.25) is 0 Å². The number of hydrogen-bond donors (Lipinski definition) is 1. The van der Waals surface area contributed by atoms with Crippen LogP contribution in [0.5, 0.6) is 0 Å². The molecule has 1 aliphatic heterocycles. The summed E-state index contributed by atoms with van der Waals surface area (Å²) >= 11 is 2.20. The van der Waals surface area contributed by atoms with Crippen molar-refractivity contribution >= 4 is 11.8 Å². The molecule has 0 bridgehead atoms. The molecule has 0 aromatic heterocycles. The summed E-state index contributed by atoms with van der Waals surface area (Å²) in [4.78, 5) is 0. The number of hydrogen-bond acceptors (Lipinski definition) is 2. The summed E-state index contributed by atoms with van der Waals surface area (Å²) < 4.78 is 0. The fraction of sp³-hybridized carbons (Fsp3) is 0.871. The van der Waals surface area contributed by atoms with Crippen LogP contribution in [0.3, 0.4) is 0 Å². The molecule has 5 aliphatic rings. The average Bonchev–Trinajstić information content (AvgIpc) is 3.10. The third-order valence-electron chi connectivity index (χ3n) is 11.7. The standard InChI is InChI=1S/C31H50OS/c1-21(20-22-8-6-7-18-33-19-15-22)24-10-11-25-23-9-12-27-29(2,3)28(32)14-17-31(27,5)26(23)13-16-30(24,25)4/h9,12,21-22,24-26,28,32H,6-8,10-11,13-20H2,1-5H3/t21-,22?,24-,25?,26?,28+,30-,31-/m1/s1. The predicted molar refractivity (Wildman–Crippen MR) is 143 cm³/mol. The lowest BCUT2D eigenvalue weighted by Crippen LogP contribution is -2.51. The zero-order valence-electron chi connectivity index (χ0n) is 22.2. The lowest BCUT2D eigenvalue weighted by atomic mass is 9.46. The van der Waals surface area contributed by atoms with Gasteiger partial charge in [0.25, 0.3) is 0 Å². The van der Waals surface area contributed by atoms with E-state index in [1.165, 1.54) is 74.9 Å². The van der Waals surface area contributed by atoms with E-state index >= 15 is 0 Å². The molecular weight excluding hydrogens is 420 g/mol. The predicted octanol–water partition coefficient (Wildman–Crippen LogP) is 8.43. The molecule has 3 unspecified atom stereocenters. The summed E-state index contributed by atoms with van der Waals surface area (Å²) in [6.07, 6.45) is 19.9. The molecular formula is C31H50OS. The van der Waals surface area contributed by atoms with Crippen LogP contribution in [0.15, 0.2) is 23.3 Å². The number of thioether (sulfide) groups is 1. The van der Waals surface area contributed by atoms with Crippen molar-refractivity contribution in [3.05, 3.63) is 23.3 Å². The molecule has 2 heteroatoms. The van der Waals surface area contributed by atoms with E-state index in [0.29, 0.717) is 11.3 Å². The molecule has 186 valence electrons. The summed E-state index contributed by atoms with van der Waals surface area (Å²) in [7, 11) is 0. The smallest absolute Gasteiger partial charge is 0.0628 e. The first-order valence-corrected chi connectivity index (χ1v) is 15.5. The summed E-state index contributed by atoms with van der Waals surface area (Å²) in [6, 6.07) is 0. The van der Waals surface area contributed by atoms with Gasteiger partial charge in [-0.25, -0.2) is 0 Å². The van der Waals surface area contributed by atoms with Crippen molar-refractivity contribution in [3.8, 4) is 0 Å². The van der Waals surface area contributed by atoms with Crippen molar-refractivity contribution in [2.24, 2.45) is 45.8 Å². The van der Waals surface area contributed by atoms with E-state index in [9.17, 15) is 5.11 Å². The molecule has 8 atom stereocenters. The van der Waals surface area contributed by atoms with E-state index in [2.05, 4.69) is 58.5 Å². The van der Waals surface area contributed by atoms with E-state index in [1.807, 2.05) is 0 Å². The number of rotatable bonds is 3. The molecule has 0 aromatic rings. The van der Waals surface area contributed by atoms with Gasteiger partial charge in [0.05, 0.1) is 6.10 Å². The first-order chi connectivity index (χ1) is 15.7. The van der Waals surface area contributed by atoms with Gasteiger partial charge in [-0.2, -0.15) is 11.8 Å². The van der Waals surface area contributed by atoms with Crippen LogP contribution >= 0.6 is 11.8 Å². The molecule has 5 rings (SSSR count). The Morgan fingerprint density at radius 2 is 1.73 bits per heavy atom. The molecule has 3 saturated carbocycles. The quantitative estimate of drug-likeness (QED) is 0.446. The zero-order valence-corrected chi connectivity index (χ0v) is 23.0. The van der Waals surface area contributed by atoms with Crippen LogP contribution in [0.4, 0.5) is 0 Å². The highest BCUT2D eigenvalue weighted by Crippen LogP contribution is 2.67. The number of aliphatic hydroxyl groups excluding tert-OH is 1. The minimum Gasteiger partial charge on any atom is -0.392 e. The number of fused-ring (bicyclic) bond motifs is 5. The molecule has 33 heavy (non-hydrogen) atoms. The maximum Gasteiger partial charge on any atom is 0.0628 e. The molecule has 4 aliphatic carbocycles. The molecule has 0 radical (unpaired) electrons. The molecule has 1 N–H and O–H groups in total. The van der Waals surface area contributed by atoms with Crippen LogP contribution < -0.4 is 0 Å². The third-order valence-corrected chi connectivity index (χ3v) is 12.8. The van der Waals surface area contributed by atoms with Crippen LogP contribution in [0, 0.1) is 45.8 Å². The van der Waals surface area contributed by atoms with Crippen molar-refractivity contribution < 1.29 is 5.11 Å². The highest BCUT2D eigenvalue weighted by Gasteiger charge is 2.59. The van der Waals surface area contributed by atoms with E-state index in [4.69, 9.17) is 0 Å². The summed E-state index contributed by atoms with van der Waals surface area (Å²) in [5, 5.41) is 10.8. The first-order valence-electron chi connectivity index (χ1n) is 14.4. The summed E-state index contributed by atoms with van der Waals surface area (Å²) in [5.41, 5.74) is 4.02. The first kappa shape index (κ1) is 24.5. The molecule has 0 spiro atoms. The van der Waals surface area contributed by atoms with Crippen LogP contribution in [0.25, 0.3) is 0 Å². The Kier molecular flexibility index (Phi) is 6.70.